The van der Waals surface area contributed by atoms with Crippen molar-refractivity contribution in [2.75, 3.05) is 26.7 Å². The predicted molar refractivity (Wildman–Crippen MR) is 122 cm³/mol. The lowest BCUT2D eigenvalue weighted by molar-refractivity contribution is 0.0186. The molecular formula is C25H35N3O3. The molecule has 31 heavy (non-hydrogen) atoms. The van der Waals surface area contributed by atoms with E-state index in [-0.39, 0.29) is 18.0 Å². The average Bonchev–Trinajstić information content (AvgIpc) is 3.22. The molecule has 0 N–H and O–H groups in total. The highest BCUT2D eigenvalue weighted by molar-refractivity contribution is 5.92. The summed E-state index contributed by atoms with van der Waals surface area (Å²) in [5, 5.41) is 0. The van der Waals surface area contributed by atoms with Crippen molar-refractivity contribution in [3.05, 3.63) is 59.9 Å². The second-order valence-corrected chi connectivity index (χ2v) is 9.32. The number of hydrogen-bond donors (Lipinski definition) is 0. The largest absolute Gasteiger partial charge is 0.444 e. The van der Waals surface area contributed by atoms with Gasteiger partial charge in [-0.3, -0.25) is 4.79 Å². The summed E-state index contributed by atoms with van der Waals surface area (Å²) in [7, 11) is 1.87. The van der Waals surface area contributed by atoms with Gasteiger partial charge >= 0.3 is 6.09 Å². The molecular weight excluding hydrogens is 390 g/mol. The zero-order valence-corrected chi connectivity index (χ0v) is 19.2. The van der Waals surface area contributed by atoms with E-state index in [1.54, 1.807) is 4.90 Å². The molecule has 0 aliphatic carbocycles. The lowest BCUT2D eigenvalue weighted by Gasteiger charge is -2.34. The molecule has 1 aliphatic heterocycles. The van der Waals surface area contributed by atoms with Gasteiger partial charge in [0.1, 0.15) is 11.3 Å². The van der Waals surface area contributed by atoms with Gasteiger partial charge in [-0.2, -0.15) is 0 Å². The molecule has 6 nitrogen and oxygen atoms in total. The van der Waals surface area contributed by atoms with E-state index in [4.69, 9.17) is 4.74 Å². The van der Waals surface area contributed by atoms with Gasteiger partial charge < -0.3 is 19.1 Å². The number of carbonyl (C=O) groups excluding carboxylic acids is 2. The molecule has 2 aromatic rings. The molecule has 0 saturated carbocycles. The Labute approximate surface area is 185 Å². The summed E-state index contributed by atoms with van der Waals surface area (Å²) in [6.07, 6.45) is 5.24. The second kappa shape index (κ2) is 10.0. The molecule has 1 aliphatic rings. The van der Waals surface area contributed by atoms with Crippen LogP contribution in [0, 0.1) is 0 Å². The van der Waals surface area contributed by atoms with Gasteiger partial charge in [-0.25, -0.2) is 4.79 Å². The quantitative estimate of drug-likeness (QED) is 0.670. The zero-order valence-electron chi connectivity index (χ0n) is 19.2. The van der Waals surface area contributed by atoms with Gasteiger partial charge in [0.2, 0.25) is 0 Å². The van der Waals surface area contributed by atoms with Crippen LogP contribution in [0.25, 0.3) is 0 Å². The first-order valence-electron chi connectivity index (χ1n) is 11.2. The molecule has 0 spiro atoms. The first-order valence-corrected chi connectivity index (χ1v) is 11.2. The number of amides is 2. The van der Waals surface area contributed by atoms with Gasteiger partial charge in [0.15, 0.2) is 0 Å². The predicted octanol–water partition coefficient (Wildman–Crippen LogP) is 4.76. The van der Waals surface area contributed by atoms with Crippen LogP contribution >= 0.6 is 0 Å². The van der Waals surface area contributed by atoms with Crippen molar-refractivity contribution in [1.82, 2.24) is 14.4 Å². The number of aryl methyl sites for hydroxylation is 1. The summed E-state index contributed by atoms with van der Waals surface area (Å²) in [5.74, 6) is 0.0487. The maximum atomic E-state index is 13.1. The zero-order chi connectivity index (χ0) is 22.4. The summed E-state index contributed by atoms with van der Waals surface area (Å²) in [6.45, 7) is 7.63. The van der Waals surface area contributed by atoms with Crippen LogP contribution in [-0.4, -0.2) is 58.7 Å². The lowest BCUT2D eigenvalue weighted by atomic mass is 10.0. The lowest BCUT2D eigenvalue weighted by Crippen LogP contribution is -2.42. The number of piperidine rings is 1. The van der Waals surface area contributed by atoms with E-state index in [0.717, 1.165) is 37.9 Å². The molecule has 1 fully saturated rings. The Morgan fingerprint density at radius 1 is 1.06 bits per heavy atom. The van der Waals surface area contributed by atoms with Gasteiger partial charge in [-0.1, -0.05) is 30.3 Å². The van der Waals surface area contributed by atoms with Crippen LogP contribution in [0.5, 0.6) is 0 Å². The molecule has 0 bridgehead atoms. The van der Waals surface area contributed by atoms with Crippen LogP contribution in [0.1, 0.15) is 62.1 Å². The molecule has 168 valence electrons. The van der Waals surface area contributed by atoms with Gasteiger partial charge in [-0.15, -0.1) is 0 Å². The van der Waals surface area contributed by atoms with Crippen molar-refractivity contribution in [3.63, 3.8) is 0 Å². The second-order valence-electron chi connectivity index (χ2n) is 9.32. The monoisotopic (exact) mass is 425 g/mol. The Hall–Kier alpha value is -2.76. The Balaban J connectivity index is 1.53. The fourth-order valence-electron chi connectivity index (χ4n) is 4.01. The minimum atomic E-state index is -0.487. The smallest absolute Gasteiger partial charge is 0.410 e. The molecule has 0 unspecified atom stereocenters. The highest BCUT2D eigenvalue weighted by Gasteiger charge is 2.29. The Bertz CT molecular complexity index is 862. The summed E-state index contributed by atoms with van der Waals surface area (Å²) < 4.78 is 7.57. The number of ether oxygens (including phenoxy) is 1. The number of nitrogens with zero attached hydrogens (tertiary/aromatic N) is 3. The van der Waals surface area contributed by atoms with Gasteiger partial charge in [0, 0.05) is 38.9 Å². The molecule has 1 saturated heterocycles. The van der Waals surface area contributed by atoms with E-state index in [1.165, 1.54) is 5.56 Å². The van der Waals surface area contributed by atoms with Crippen molar-refractivity contribution < 1.29 is 14.3 Å². The van der Waals surface area contributed by atoms with E-state index in [9.17, 15) is 9.59 Å². The minimum absolute atomic E-state index is 0.0487. The summed E-state index contributed by atoms with van der Waals surface area (Å²) in [4.78, 5) is 28.9. The maximum Gasteiger partial charge on any atom is 0.410 e. The fourth-order valence-corrected chi connectivity index (χ4v) is 4.01. The van der Waals surface area contributed by atoms with Crippen LogP contribution in [0.4, 0.5) is 4.79 Å². The third-order valence-corrected chi connectivity index (χ3v) is 5.66. The number of benzene rings is 1. The van der Waals surface area contributed by atoms with Gasteiger partial charge in [0.05, 0.1) is 0 Å². The third-order valence-electron chi connectivity index (χ3n) is 5.66. The Morgan fingerprint density at radius 3 is 2.39 bits per heavy atom. The summed E-state index contributed by atoms with van der Waals surface area (Å²) in [6, 6.07) is 14.4. The fraction of sp³-hybridized carbons (Fsp3) is 0.520. The maximum absolute atomic E-state index is 13.1. The van der Waals surface area contributed by atoms with Crippen LogP contribution in [0.3, 0.4) is 0 Å². The number of rotatable bonds is 6. The van der Waals surface area contributed by atoms with E-state index < -0.39 is 5.60 Å². The van der Waals surface area contributed by atoms with E-state index in [1.807, 2.05) is 69.2 Å². The SMILES string of the molecule is CN(CCCc1ccccc1)C(=O)c1cccn1C1CCN(C(=O)OC(C)(C)C)CC1. The van der Waals surface area contributed by atoms with Crippen molar-refractivity contribution in [2.45, 2.75) is 58.1 Å². The molecule has 1 aromatic carbocycles. The van der Waals surface area contributed by atoms with Crippen molar-refractivity contribution in [1.29, 1.82) is 0 Å². The van der Waals surface area contributed by atoms with E-state index >= 15 is 0 Å². The molecule has 2 amide bonds. The van der Waals surface area contributed by atoms with E-state index in [0.29, 0.717) is 13.1 Å². The topological polar surface area (TPSA) is 54.8 Å². The Kier molecular flexibility index (Phi) is 7.42. The normalized spacial score (nSPS) is 15.0. The van der Waals surface area contributed by atoms with Gasteiger partial charge in [-0.05, 0) is 64.2 Å². The van der Waals surface area contributed by atoms with Crippen molar-refractivity contribution in [2.24, 2.45) is 0 Å². The van der Waals surface area contributed by atoms with Crippen molar-refractivity contribution in [3.8, 4) is 0 Å². The molecule has 6 heteroatoms. The van der Waals surface area contributed by atoms with Crippen LogP contribution in [0.2, 0.25) is 0 Å². The number of likely N-dealkylation sites (tertiary alicyclic amines) is 1. The number of carbonyl (C=O) groups is 2. The van der Waals surface area contributed by atoms with E-state index in [2.05, 4.69) is 16.7 Å². The highest BCUT2D eigenvalue weighted by atomic mass is 16.6. The third kappa shape index (κ3) is 6.36. The molecule has 1 aromatic heterocycles. The average molecular weight is 426 g/mol. The standard InChI is InChI=1S/C25H35N3O3/c1-25(2,3)31-24(30)27-18-14-21(15-19-27)28-17-9-13-22(28)23(29)26(4)16-8-12-20-10-6-5-7-11-20/h5-7,9-11,13,17,21H,8,12,14-16,18-19H2,1-4H3. The minimum Gasteiger partial charge on any atom is -0.444 e. The van der Waals surface area contributed by atoms with Crippen LogP contribution in [0.15, 0.2) is 48.7 Å². The highest BCUT2D eigenvalue weighted by Crippen LogP contribution is 2.26. The number of hydrogen-bond acceptors (Lipinski definition) is 3. The Morgan fingerprint density at radius 2 is 1.74 bits per heavy atom. The molecule has 2 heterocycles. The molecule has 3 rings (SSSR count). The summed E-state index contributed by atoms with van der Waals surface area (Å²) >= 11 is 0. The van der Waals surface area contributed by atoms with Gasteiger partial charge in [0.25, 0.3) is 5.91 Å². The van der Waals surface area contributed by atoms with Crippen LogP contribution in [-0.2, 0) is 11.2 Å². The first-order chi connectivity index (χ1) is 14.7. The first kappa shape index (κ1) is 22.9. The number of aromatic nitrogens is 1. The molecule has 0 atom stereocenters. The molecule has 0 radical (unpaired) electrons. The van der Waals surface area contributed by atoms with Crippen LogP contribution < -0.4 is 0 Å². The van der Waals surface area contributed by atoms with Crippen molar-refractivity contribution >= 4 is 12.0 Å². The summed E-state index contributed by atoms with van der Waals surface area (Å²) in [5.41, 5.74) is 1.53.